The van der Waals surface area contributed by atoms with Crippen molar-refractivity contribution in [2.24, 2.45) is 0 Å². The molecule has 0 saturated heterocycles. The van der Waals surface area contributed by atoms with Crippen LogP contribution < -0.4 is 15.2 Å². The summed E-state index contributed by atoms with van der Waals surface area (Å²) in [7, 11) is 0. The summed E-state index contributed by atoms with van der Waals surface area (Å²) < 4.78 is 10.6. The average Bonchev–Trinajstić information content (AvgIpc) is 3.03. The van der Waals surface area contributed by atoms with Crippen LogP contribution in [-0.2, 0) is 0 Å². The lowest BCUT2D eigenvalue weighted by molar-refractivity contribution is 0.174. The molecule has 2 heterocycles. The van der Waals surface area contributed by atoms with Crippen LogP contribution in [0.1, 0.15) is 0 Å². The number of rotatable bonds is 1. The topological polar surface area (TPSA) is 95.4 Å². The van der Waals surface area contributed by atoms with E-state index in [-0.39, 0.29) is 12.5 Å². The molecule has 0 unspecified atom stereocenters. The molecule has 20 heavy (non-hydrogen) atoms. The number of nitrogens with zero attached hydrogens (tertiary/aromatic N) is 3. The van der Waals surface area contributed by atoms with Gasteiger partial charge in [0.15, 0.2) is 11.5 Å². The number of benzene rings is 2. The molecule has 0 amide bonds. The molecule has 1 aromatic heterocycles. The number of aromatic hydroxyl groups is 1. The summed E-state index contributed by atoms with van der Waals surface area (Å²) in [5.41, 5.74) is 7.96. The van der Waals surface area contributed by atoms with Gasteiger partial charge in [-0.3, -0.25) is 0 Å². The molecule has 7 nitrogen and oxygen atoms in total. The Morgan fingerprint density at radius 3 is 2.35 bits per heavy atom. The molecule has 0 radical (unpaired) electrons. The zero-order valence-corrected chi connectivity index (χ0v) is 10.3. The minimum absolute atomic E-state index is 0.0551. The van der Waals surface area contributed by atoms with Gasteiger partial charge in [0, 0.05) is 17.8 Å². The van der Waals surface area contributed by atoms with Crippen molar-refractivity contribution in [3.63, 3.8) is 0 Å². The van der Waals surface area contributed by atoms with Gasteiger partial charge in [0.2, 0.25) is 6.79 Å². The summed E-state index contributed by atoms with van der Waals surface area (Å²) in [6.07, 6.45) is 0. The average molecular weight is 270 g/mol. The number of hydrogen-bond acceptors (Lipinski definition) is 6. The highest BCUT2D eigenvalue weighted by atomic mass is 16.7. The van der Waals surface area contributed by atoms with E-state index in [9.17, 15) is 5.11 Å². The molecule has 0 aliphatic carbocycles. The number of phenols is 1. The summed E-state index contributed by atoms with van der Waals surface area (Å²) >= 11 is 0. The van der Waals surface area contributed by atoms with E-state index in [2.05, 4.69) is 10.2 Å². The molecule has 3 N–H and O–H groups in total. The SMILES string of the molecule is Nc1ccc(O)c(-n2nc3cc4c(cc3n2)OCO4)c1. The van der Waals surface area contributed by atoms with Crippen LogP contribution in [0.25, 0.3) is 16.7 Å². The quantitative estimate of drug-likeness (QED) is 0.513. The first kappa shape index (κ1) is 10.9. The lowest BCUT2D eigenvalue weighted by Crippen LogP contribution is -2.00. The van der Waals surface area contributed by atoms with Crippen LogP contribution >= 0.6 is 0 Å². The maximum atomic E-state index is 9.87. The Kier molecular flexibility index (Phi) is 2.06. The second-order valence-corrected chi connectivity index (χ2v) is 4.43. The number of phenolic OH excluding ortho intramolecular Hbond substituents is 1. The number of ether oxygens (including phenoxy) is 2. The van der Waals surface area contributed by atoms with E-state index in [1.807, 2.05) is 0 Å². The molecule has 0 spiro atoms. The highest BCUT2D eigenvalue weighted by molar-refractivity contribution is 5.79. The van der Waals surface area contributed by atoms with Gasteiger partial charge in [-0.15, -0.1) is 15.0 Å². The standard InChI is InChI=1S/C13H10N4O3/c14-7-1-2-11(18)10(3-7)17-15-8-4-12-13(20-6-19-12)5-9(8)16-17/h1-5,18H,6,14H2. The molecule has 3 aromatic rings. The van der Waals surface area contributed by atoms with Gasteiger partial charge in [-0.1, -0.05) is 0 Å². The second-order valence-electron chi connectivity index (χ2n) is 4.43. The van der Waals surface area contributed by atoms with E-state index < -0.39 is 0 Å². The fourth-order valence-corrected chi connectivity index (χ4v) is 2.12. The van der Waals surface area contributed by atoms with E-state index in [4.69, 9.17) is 15.2 Å². The fraction of sp³-hybridized carbons (Fsp3) is 0.0769. The number of fused-ring (bicyclic) bond motifs is 2. The van der Waals surface area contributed by atoms with Crippen molar-refractivity contribution in [1.82, 2.24) is 15.0 Å². The van der Waals surface area contributed by atoms with Gasteiger partial charge >= 0.3 is 0 Å². The van der Waals surface area contributed by atoms with Crippen molar-refractivity contribution < 1.29 is 14.6 Å². The van der Waals surface area contributed by atoms with Crippen molar-refractivity contribution in [2.45, 2.75) is 0 Å². The molecule has 0 bridgehead atoms. The number of nitrogen functional groups attached to an aromatic ring is 1. The van der Waals surface area contributed by atoms with Gasteiger partial charge < -0.3 is 20.3 Å². The van der Waals surface area contributed by atoms with Crippen LogP contribution in [0.15, 0.2) is 30.3 Å². The Morgan fingerprint density at radius 1 is 1.05 bits per heavy atom. The third-order valence-corrected chi connectivity index (χ3v) is 3.09. The van der Waals surface area contributed by atoms with Gasteiger partial charge in [0.05, 0.1) is 0 Å². The molecule has 0 atom stereocenters. The molecule has 7 heteroatoms. The van der Waals surface area contributed by atoms with E-state index in [1.54, 1.807) is 24.3 Å². The highest BCUT2D eigenvalue weighted by Gasteiger charge is 2.17. The zero-order chi connectivity index (χ0) is 13.7. The normalized spacial score (nSPS) is 13.0. The van der Waals surface area contributed by atoms with Gasteiger partial charge in [-0.2, -0.15) is 0 Å². The third-order valence-electron chi connectivity index (χ3n) is 3.09. The predicted octanol–water partition coefficient (Wildman–Crippen LogP) is 1.44. The lowest BCUT2D eigenvalue weighted by Gasteiger charge is -2.03. The highest BCUT2D eigenvalue weighted by Crippen LogP contribution is 2.35. The van der Waals surface area contributed by atoms with Crippen LogP contribution in [0.4, 0.5) is 5.69 Å². The van der Waals surface area contributed by atoms with Crippen LogP contribution in [0.2, 0.25) is 0 Å². The summed E-state index contributed by atoms with van der Waals surface area (Å²) in [4.78, 5) is 1.34. The fourth-order valence-electron chi connectivity index (χ4n) is 2.12. The first-order valence-corrected chi connectivity index (χ1v) is 5.96. The Morgan fingerprint density at radius 2 is 1.70 bits per heavy atom. The van der Waals surface area contributed by atoms with E-state index >= 15 is 0 Å². The molecule has 1 aliphatic rings. The molecule has 2 aromatic carbocycles. The van der Waals surface area contributed by atoms with Crippen molar-refractivity contribution in [3.8, 4) is 22.9 Å². The minimum Gasteiger partial charge on any atom is -0.506 e. The van der Waals surface area contributed by atoms with Crippen LogP contribution in [-0.4, -0.2) is 26.9 Å². The van der Waals surface area contributed by atoms with Crippen molar-refractivity contribution in [2.75, 3.05) is 12.5 Å². The van der Waals surface area contributed by atoms with E-state index in [0.717, 1.165) is 0 Å². The van der Waals surface area contributed by atoms with Gasteiger partial charge in [0.25, 0.3) is 0 Å². The van der Waals surface area contributed by atoms with Crippen molar-refractivity contribution in [1.29, 1.82) is 0 Å². The molecule has 0 fully saturated rings. The monoisotopic (exact) mass is 270 g/mol. The number of hydrogen-bond donors (Lipinski definition) is 2. The zero-order valence-electron chi connectivity index (χ0n) is 10.3. The number of anilines is 1. The smallest absolute Gasteiger partial charge is 0.231 e. The third kappa shape index (κ3) is 1.53. The predicted molar refractivity (Wildman–Crippen MR) is 71.1 cm³/mol. The maximum absolute atomic E-state index is 9.87. The Bertz CT molecular complexity index is 787. The van der Waals surface area contributed by atoms with Crippen molar-refractivity contribution in [3.05, 3.63) is 30.3 Å². The lowest BCUT2D eigenvalue weighted by atomic mass is 10.2. The first-order valence-electron chi connectivity index (χ1n) is 5.96. The summed E-state index contributed by atoms with van der Waals surface area (Å²) in [6.45, 7) is 0.206. The Balaban J connectivity index is 1.91. The molecule has 100 valence electrons. The van der Waals surface area contributed by atoms with E-state index in [0.29, 0.717) is 33.9 Å². The Hall–Kier alpha value is -2.96. The summed E-state index contributed by atoms with van der Waals surface area (Å²) in [5.74, 6) is 1.34. The number of aromatic nitrogens is 3. The minimum atomic E-state index is 0.0551. The van der Waals surface area contributed by atoms with Gasteiger partial charge in [-0.05, 0) is 18.2 Å². The maximum Gasteiger partial charge on any atom is 0.231 e. The molecule has 1 aliphatic heterocycles. The molecular weight excluding hydrogens is 260 g/mol. The van der Waals surface area contributed by atoms with E-state index in [1.165, 1.54) is 10.9 Å². The van der Waals surface area contributed by atoms with Crippen LogP contribution in [0.5, 0.6) is 17.2 Å². The summed E-state index contributed by atoms with van der Waals surface area (Å²) in [5, 5.41) is 18.5. The second kappa shape index (κ2) is 3.77. The summed E-state index contributed by atoms with van der Waals surface area (Å²) in [6, 6.07) is 8.23. The van der Waals surface area contributed by atoms with Crippen LogP contribution in [0, 0.1) is 0 Å². The van der Waals surface area contributed by atoms with Gasteiger partial charge in [-0.25, -0.2) is 0 Å². The van der Waals surface area contributed by atoms with Crippen LogP contribution in [0.3, 0.4) is 0 Å². The molecule has 4 rings (SSSR count). The molecular formula is C13H10N4O3. The number of nitrogens with two attached hydrogens (primary N) is 1. The largest absolute Gasteiger partial charge is 0.506 e. The van der Waals surface area contributed by atoms with Gasteiger partial charge in [0.1, 0.15) is 22.5 Å². The first-order chi connectivity index (χ1) is 9.70. The molecule has 0 saturated carbocycles. The van der Waals surface area contributed by atoms with Crippen molar-refractivity contribution >= 4 is 16.7 Å². The Labute approximate surface area is 113 Å².